The second kappa shape index (κ2) is 7.98. The zero-order valence-electron chi connectivity index (χ0n) is 17.1. The number of carbonyl (C=O) groups excluding carboxylic acids is 1. The molecular weight excluding hydrogens is 372 g/mol. The third-order valence-corrected chi connectivity index (χ3v) is 6.58. The summed E-state index contributed by atoms with van der Waals surface area (Å²) >= 11 is 0. The van der Waals surface area contributed by atoms with Gasteiger partial charge in [-0.25, -0.2) is 9.97 Å². The molecule has 0 radical (unpaired) electrons. The van der Waals surface area contributed by atoms with Crippen molar-refractivity contribution in [2.45, 2.75) is 43.9 Å². The normalized spacial score (nSPS) is 20.3. The molecule has 152 valence electrons. The van der Waals surface area contributed by atoms with Crippen molar-refractivity contribution in [3.8, 4) is 11.4 Å². The Bertz CT molecular complexity index is 1030. The third kappa shape index (κ3) is 3.60. The summed E-state index contributed by atoms with van der Waals surface area (Å²) in [6, 6.07) is 14.1. The highest BCUT2D eigenvalue weighted by Gasteiger charge is 2.44. The number of benzene rings is 1. The molecule has 2 aromatic heterocycles. The number of fused-ring (bicyclic) bond motifs is 2. The average molecular weight is 399 g/mol. The molecule has 2 aliphatic rings. The quantitative estimate of drug-likeness (QED) is 0.667. The molecule has 1 spiro atoms. The first kappa shape index (κ1) is 18.9. The van der Waals surface area contributed by atoms with E-state index in [2.05, 4.69) is 27.0 Å². The lowest BCUT2D eigenvalue weighted by molar-refractivity contribution is -0.133. The van der Waals surface area contributed by atoms with Crippen LogP contribution in [0.15, 0.2) is 61.1 Å². The zero-order chi connectivity index (χ0) is 20.4. The monoisotopic (exact) mass is 398 g/mol. The summed E-state index contributed by atoms with van der Waals surface area (Å²) in [6.07, 6.45) is 11.1. The van der Waals surface area contributed by atoms with Gasteiger partial charge in [0.1, 0.15) is 0 Å². The highest BCUT2D eigenvalue weighted by atomic mass is 16.2. The van der Waals surface area contributed by atoms with Crippen molar-refractivity contribution in [3.63, 3.8) is 0 Å². The van der Waals surface area contributed by atoms with Crippen LogP contribution in [-0.2, 0) is 23.1 Å². The Labute approximate surface area is 177 Å². The summed E-state index contributed by atoms with van der Waals surface area (Å²) < 4.78 is 0. The van der Waals surface area contributed by atoms with Crippen molar-refractivity contribution in [1.29, 1.82) is 0 Å². The van der Waals surface area contributed by atoms with E-state index >= 15 is 0 Å². The van der Waals surface area contributed by atoms with Crippen LogP contribution in [0.4, 0.5) is 0 Å². The van der Waals surface area contributed by atoms with Gasteiger partial charge in [0, 0.05) is 49.1 Å². The van der Waals surface area contributed by atoms with Gasteiger partial charge in [-0.15, -0.1) is 0 Å². The SMILES string of the molecule is O=C(CCc1ccncc1)N1CCCC2(CCc3cnc(-c4ccccc4)nc32)C1. The molecule has 0 N–H and O–H groups in total. The lowest BCUT2D eigenvalue weighted by Gasteiger charge is -2.40. The van der Waals surface area contributed by atoms with Gasteiger partial charge < -0.3 is 4.90 Å². The van der Waals surface area contributed by atoms with Crippen LogP contribution < -0.4 is 0 Å². The highest BCUT2D eigenvalue weighted by molar-refractivity contribution is 5.76. The minimum atomic E-state index is -0.0214. The zero-order valence-corrected chi connectivity index (χ0v) is 17.1. The second-order valence-electron chi connectivity index (χ2n) is 8.49. The van der Waals surface area contributed by atoms with Gasteiger partial charge in [0.05, 0.1) is 5.69 Å². The van der Waals surface area contributed by atoms with Crippen molar-refractivity contribution in [3.05, 3.63) is 77.9 Å². The number of amides is 1. The number of rotatable bonds is 4. The minimum absolute atomic E-state index is 0.0214. The molecule has 5 rings (SSSR count). The van der Waals surface area contributed by atoms with Gasteiger partial charge in [0.15, 0.2) is 5.82 Å². The molecule has 3 aromatic rings. The van der Waals surface area contributed by atoms with Gasteiger partial charge in [0.25, 0.3) is 0 Å². The fourth-order valence-corrected chi connectivity index (χ4v) is 4.97. The third-order valence-electron chi connectivity index (χ3n) is 6.58. The van der Waals surface area contributed by atoms with Crippen LogP contribution in [-0.4, -0.2) is 38.8 Å². The van der Waals surface area contributed by atoms with E-state index in [1.54, 1.807) is 12.4 Å². The lowest BCUT2D eigenvalue weighted by atomic mass is 9.77. The Kier molecular flexibility index (Phi) is 5.03. The van der Waals surface area contributed by atoms with E-state index in [-0.39, 0.29) is 11.3 Å². The topological polar surface area (TPSA) is 59.0 Å². The summed E-state index contributed by atoms with van der Waals surface area (Å²) in [6.45, 7) is 1.63. The van der Waals surface area contributed by atoms with Gasteiger partial charge in [-0.3, -0.25) is 9.78 Å². The van der Waals surface area contributed by atoms with Gasteiger partial charge >= 0.3 is 0 Å². The standard InChI is InChI=1S/C25H26N4O/c30-22(8-7-19-10-14-26-15-11-19)29-16-4-12-25(18-29)13-9-21-17-27-24(28-23(21)25)20-5-2-1-3-6-20/h1-3,5-6,10-11,14-15,17H,4,7-9,12-13,16,18H2. The molecule has 5 nitrogen and oxygen atoms in total. The maximum absolute atomic E-state index is 13.0. The molecule has 0 bridgehead atoms. The number of aromatic nitrogens is 3. The number of carbonyl (C=O) groups is 1. The van der Waals surface area contributed by atoms with Gasteiger partial charge in [-0.1, -0.05) is 30.3 Å². The van der Waals surface area contributed by atoms with Crippen LogP contribution in [0, 0.1) is 0 Å². The first-order valence-electron chi connectivity index (χ1n) is 10.8. The van der Waals surface area contributed by atoms with E-state index in [1.807, 2.05) is 36.5 Å². The molecule has 1 saturated heterocycles. The lowest BCUT2D eigenvalue weighted by Crippen LogP contribution is -2.48. The fourth-order valence-electron chi connectivity index (χ4n) is 4.97. The van der Waals surface area contributed by atoms with E-state index in [4.69, 9.17) is 4.98 Å². The number of aryl methyl sites for hydroxylation is 2. The number of hydrogen-bond donors (Lipinski definition) is 0. The number of pyridine rings is 1. The first-order chi connectivity index (χ1) is 14.7. The molecule has 1 aromatic carbocycles. The summed E-state index contributed by atoms with van der Waals surface area (Å²) in [4.78, 5) is 28.8. The maximum atomic E-state index is 13.0. The maximum Gasteiger partial charge on any atom is 0.222 e. The highest BCUT2D eigenvalue weighted by Crippen LogP contribution is 2.44. The summed E-state index contributed by atoms with van der Waals surface area (Å²) in [5, 5.41) is 0. The van der Waals surface area contributed by atoms with Crippen molar-refractivity contribution in [1.82, 2.24) is 19.9 Å². The number of hydrogen-bond acceptors (Lipinski definition) is 4. The van der Waals surface area contributed by atoms with Crippen LogP contribution in [0.1, 0.15) is 42.5 Å². The predicted octanol–water partition coefficient (Wildman–Crippen LogP) is 3.98. The fraction of sp³-hybridized carbons (Fsp3) is 0.360. The molecule has 1 aliphatic carbocycles. The number of nitrogens with zero attached hydrogens (tertiary/aromatic N) is 4. The van der Waals surface area contributed by atoms with Crippen LogP contribution in [0.2, 0.25) is 0 Å². The Hall–Kier alpha value is -3.08. The van der Waals surface area contributed by atoms with Gasteiger partial charge in [-0.2, -0.15) is 0 Å². The Morgan fingerprint density at radius 3 is 2.73 bits per heavy atom. The van der Waals surface area contributed by atoms with Crippen molar-refractivity contribution in [2.75, 3.05) is 13.1 Å². The summed E-state index contributed by atoms with van der Waals surface area (Å²) in [7, 11) is 0. The van der Waals surface area contributed by atoms with Crippen LogP contribution >= 0.6 is 0 Å². The number of likely N-dealkylation sites (tertiary alicyclic amines) is 1. The van der Waals surface area contributed by atoms with Crippen molar-refractivity contribution < 1.29 is 4.79 Å². The van der Waals surface area contributed by atoms with E-state index in [0.29, 0.717) is 6.42 Å². The van der Waals surface area contributed by atoms with Crippen molar-refractivity contribution >= 4 is 5.91 Å². The minimum Gasteiger partial charge on any atom is -0.342 e. The Morgan fingerprint density at radius 2 is 1.90 bits per heavy atom. The Morgan fingerprint density at radius 1 is 1.07 bits per heavy atom. The first-order valence-corrected chi connectivity index (χ1v) is 10.8. The molecule has 1 atom stereocenters. The van der Waals surface area contributed by atoms with E-state index in [1.165, 1.54) is 11.3 Å². The van der Waals surface area contributed by atoms with Crippen LogP contribution in [0.25, 0.3) is 11.4 Å². The predicted molar refractivity (Wildman–Crippen MR) is 116 cm³/mol. The molecule has 1 fully saturated rings. The van der Waals surface area contributed by atoms with Gasteiger partial charge in [-0.05, 0) is 55.4 Å². The van der Waals surface area contributed by atoms with Crippen LogP contribution in [0.3, 0.4) is 0 Å². The molecule has 30 heavy (non-hydrogen) atoms. The molecule has 5 heteroatoms. The van der Waals surface area contributed by atoms with Crippen molar-refractivity contribution in [2.24, 2.45) is 0 Å². The largest absolute Gasteiger partial charge is 0.342 e. The van der Waals surface area contributed by atoms with Gasteiger partial charge in [0.2, 0.25) is 5.91 Å². The summed E-state index contributed by atoms with van der Waals surface area (Å²) in [5.74, 6) is 1.04. The number of piperidine rings is 1. The molecule has 1 amide bonds. The smallest absolute Gasteiger partial charge is 0.222 e. The molecule has 1 aliphatic heterocycles. The molecule has 1 unspecified atom stereocenters. The molecule has 3 heterocycles. The molecular formula is C25H26N4O. The van der Waals surface area contributed by atoms with E-state index in [9.17, 15) is 4.79 Å². The summed E-state index contributed by atoms with van der Waals surface area (Å²) in [5.41, 5.74) is 4.61. The molecule has 0 saturated carbocycles. The van der Waals surface area contributed by atoms with Crippen LogP contribution in [0.5, 0.6) is 0 Å². The Balaban J connectivity index is 1.35. The second-order valence-corrected chi connectivity index (χ2v) is 8.49. The average Bonchev–Trinajstić information content (AvgIpc) is 3.15. The van der Waals surface area contributed by atoms with E-state index < -0.39 is 0 Å². The van der Waals surface area contributed by atoms with E-state index in [0.717, 1.165) is 62.1 Å².